The highest BCUT2D eigenvalue weighted by atomic mass is 79.9. The highest BCUT2D eigenvalue weighted by Crippen LogP contribution is 2.22. The summed E-state index contributed by atoms with van der Waals surface area (Å²) in [5, 5.41) is 0.257. The molecule has 0 N–H and O–H groups in total. The molecule has 14 heavy (non-hydrogen) atoms. The van der Waals surface area contributed by atoms with Crippen LogP contribution in [0.5, 0.6) is 0 Å². The summed E-state index contributed by atoms with van der Waals surface area (Å²) in [5.74, 6) is -0.0549. The van der Waals surface area contributed by atoms with Gasteiger partial charge in [-0.3, -0.25) is 9.78 Å². The molecule has 0 aliphatic heterocycles. The van der Waals surface area contributed by atoms with Gasteiger partial charge >= 0.3 is 0 Å². The Bertz CT molecular complexity index is 329. The van der Waals surface area contributed by atoms with E-state index in [1.165, 1.54) is 26.1 Å². The van der Waals surface area contributed by atoms with E-state index in [0.717, 1.165) is 0 Å². The maximum atomic E-state index is 13.4. The van der Waals surface area contributed by atoms with Crippen LogP contribution in [0.15, 0.2) is 18.3 Å². The molecule has 0 bridgehead atoms. The maximum Gasteiger partial charge on any atom is 0.174 e. The molecule has 0 saturated carbocycles. The normalized spacial score (nSPS) is 11.4. The monoisotopic (exact) mass is 259 g/mol. The van der Waals surface area contributed by atoms with Gasteiger partial charge in [-0.15, -0.1) is 0 Å². The van der Waals surface area contributed by atoms with Crippen molar-refractivity contribution in [3.8, 4) is 0 Å². The van der Waals surface area contributed by atoms with Gasteiger partial charge in [0.05, 0.1) is 11.0 Å². The molecule has 1 heterocycles. The van der Waals surface area contributed by atoms with Gasteiger partial charge in [0, 0.05) is 11.8 Å². The highest BCUT2D eigenvalue weighted by molar-refractivity contribution is 9.09. The zero-order valence-corrected chi connectivity index (χ0v) is 9.64. The van der Waals surface area contributed by atoms with Gasteiger partial charge in [0.15, 0.2) is 5.78 Å². The summed E-state index contributed by atoms with van der Waals surface area (Å²) in [7, 11) is 0. The van der Waals surface area contributed by atoms with E-state index in [1.807, 2.05) is 0 Å². The van der Waals surface area contributed by atoms with E-state index in [2.05, 4.69) is 20.9 Å². The fourth-order valence-electron chi connectivity index (χ4n) is 0.988. The number of rotatable bonds is 3. The van der Waals surface area contributed by atoms with Gasteiger partial charge in [-0.2, -0.15) is 0 Å². The number of ketones is 1. The first-order valence-corrected chi connectivity index (χ1v) is 5.32. The van der Waals surface area contributed by atoms with Gasteiger partial charge in [0.2, 0.25) is 0 Å². The topological polar surface area (TPSA) is 30.0 Å². The van der Waals surface area contributed by atoms with Crippen LogP contribution in [0.2, 0.25) is 0 Å². The SMILES string of the molecule is CC(C)(F)c1ccc(C(=O)CBr)cn1. The molecule has 2 nitrogen and oxygen atoms in total. The first-order valence-electron chi connectivity index (χ1n) is 4.20. The summed E-state index contributed by atoms with van der Waals surface area (Å²) in [4.78, 5) is 15.1. The summed E-state index contributed by atoms with van der Waals surface area (Å²) < 4.78 is 13.4. The molecule has 0 unspecified atom stereocenters. The van der Waals surface area contributed by atoms with Gasteiger partial charge < -0.3 is 0 Å². The Hall–Kier alpha value is -0.770. The van der Waals surface area contributed by atoms with E-state index >= 15 is 0 Å². The van der Waals surface area contributed by atoms with Crippen LogP contribution >= 0.6 is 15.9 Å². The van der Waals surface area contributed by atoms with Crippen LogP contribution in [-0.4, -0.2) is 16.1 Å². The third-order valence-electron chi connectivity index (χ3n) is 1.82. The van der Waals surface area contributed by atoms with Crippen LogP contribution in [0.3, 0.4) is 0 Å². The van der Waals surface area contributed by atoms with Gasteiger partial charge in [-0.1, -0.05) is 15.9 Å². The molecule has 0 aliphatic rings. The Balaban J connectivity index is 2.95. The molecular formula is C10H11BrFNO. The number of nitrogens with zero attached hydrogens (tertiary/aromatic N) is 1. The summed E-state index contributed by atoms with van der Waals surface area (Å²) >= 11 is 3.06. The number of aromatic nitrogens is 1. The molecule has 76 valence electrons. The van der Waals surface area contributed by atoms with E-state index in [-0.39, 0.29) is 11.1 Å². The lowest BCUT2D eigenvalue weighted by atomic mass is 10.1. The van der Waals surface area contributed by atoms with Crippen molar-refractivity contribution in [2.75, 3.05) is 5.33 Å². The smallest absolute Gasteiger partial charge is 0.174 e. The van der Waals surface area contributed by atoms with Crippen molar-refractivity contribution in [3.05, 3.63) is 29.6 Å². The van der Waals surface area contributed by atoms with Crippen molar-refractivity contribution >= 4 is 21.7 Å². The van der Waals surface area contributed by atoms with Gasteiger partial charge in [0.1, 0.15) is 5.67 Å². The number of pyridine rings is 1. The quantitative estimate of drug-likeness (QED) is 0.617. The number of alkyl halides is 2. The van der Waals surface area contributed by atoms with Gasteiger partial charge in [0.25, 0.3) is 0 Å². The lowest BCUT2D eigenvalue weighted by Gasteiger charge is -2.12. The Morgan fingerprint density at radius 1 is 1.57 bits per heavy atom. The van der Waals surface area contributed by atoms with Gasteiger partial charge in [-0.25, -0.2) is 4.39 Å². The average Bonchev–Trinajstić information content (AvgIpc) is 2.15. The fourth-order valence-corrected chi connectivity index (χ4v) is 1.31. The molecule has 0 saturated heterocycles. The van der Waals surface area contributed by atoms with E-state index in [1.54, 1.807) is 6.07 Å². The van der Waals surface area contributed by atoms with Crippen molar-refractivity contribution in [1.82, 2.24) is 4.98 Å². The van der Waals surface area contributed by atoms with E-state index in [0.29, 0.717) is 11.3 Å². The minimum atomic E-state index is -1.46. The number of carbonyl (C=O) groups is 1. The van der Waals surface area contributed by atoms with Crippen LogP contribution in [0.1, 0.15) is 29.9 Å². The Kier molecular flexibility index (Phi) is 3.37. The van der Waals surface area contributed by atoms with E-state index < -0.39 is 5.67 Å². The predicted molar refractivity (Wildman–Crippen MR) is 56.5 cm³/mol. The predicted octanol–water partition coefficient (Wildman–Crippen LogP) is 2.86. The van der Waals surface area contributed by atoms with Crippen LogP contribution in [0, 0.1) is 0 Å². The number of hydrogen-bond donors (Lipinski definition) is 0. The van der Waals surface area contributed by atoms with E-state index in [9.17, 15) is 9.18 Å². The number of halogens is 2. The number of Topliss-reactive ketones (excluding diaryl/α,β-unsaturated/α-hetero) is 1. The molecule has 0 aromatic carbocycles. The van der Waals surface area contributed by atoms with E-state index in [4.69, 9.17) is 0 Å². The van der Waals surface area contributed by atoms with Crippen molar-refractivity contribution in [3.63, 3.8) is 0 Å². The Morgan fingerprint density at radius 2 is 2.21 bits per heavy atom. The molecule has 0 fully saturated rings. The summed E-state index contributed by atoms with van der Waals surface area (Å²) in [5.41, 5.74) is -0.630. The minimum absolute atomic E-state index is 0.0549. The van der Waals surface area contributed by atoms with Crippen LogP contribution in [-0.2, 0) is 5.67 Å². The van der Waals surface area contributed by atoms with Crippen LogP contribution < -0.4 is 0 Å². The lowest BCUT2D eigenvalue weighted by molar-refractivity contribution is 0.102. The second kappa shape index (κ2) is 4.17. The Morgan fingerprint density at radius 3 is 2.57 bits per heavy atom. The summed E-state index contributed by atoms with van der Waals surface area (Å²) in [6.45, 7) is 2.86. The standard InChI is InChI=1S/C10H11BrFNO/c1-10(2,12)9-4-3-7(6-13-9)8(14)5-11/h3-4,6H,5H2,1-2H3. The third kappa shape index (κ3) is 2.61. The average molecular weight is 260 g/mol. The molecule has 1 rings (SSSR count). The zero-order chi connectivity index (χ0) is 10.8. The summed E-state index contributed by atoms with van der Waals surface area (Å²) in [6.07, 6.45) is 1.40. The first-order chi connectivity index (χ1) is 6.45. The zero-order valence-electron chi connectivity index (χ0n) is 8.05. The van der Waals surface area contributed by atoms with Crippen molar-refractivity contribution in [2.45, 2.75) is 19.5 Å². The highest BCUT2D eigenvalue weighted by Gasteiger charge is 2.20. The molecule has 1 aromatic heterocycles. The molecule has 0 spiro atoms. The van der Waals surface area contributed by atoms with Crippen LogP contribution in [0.25, 0.3) is 0 Å². The molecule has 0 amide bonds. The molecule has 0 radical (unpaired) electrons. The lowest BCUT2D eigenvalue weighted by Crippen LogP contribution is -2.12. The molecule has 4 heteroatoms. The fraction of sp³-hybridized carbons (Fsp3) is 0.400. The van der Waals surface area contributed by atoms with Gasteiger partial charge in [-0.05, 0) is 26.0 Å². The second-order valence-corrected chi connectivity index (χ2v) is 4.02. The molecular weight excluding hydrogens is 249 g/mol. The first kappa shape index (κ1) is 11.3. The molecule has 0 aliphatic carbocycles. The maximum absolute atomic E-state index is 13.4. The minimum Gasteiger partial charge on any atom is -0.293 e. The van der Waals surface area contributed by atoms with Crippen molar-refractivity contribution in [1.29, 1.82) is 0 Å². The Labute approximate surface area is 90.7 Å². The van der Waals surface area contributed by atoms with Crippen molar-refractivity contribution in [2.24, 2.45) is 0 Å². The summed E-state index contributed by atoms with van der Waals surface area (Å²) in [6, 6.07) is 3.13. The van der Waals surface area contributed by atoms with Crippen LogP contribution in [0.4, 0.5) is 4.39 Å². The third-order valence-corrected chi connectivity index (χ3v) is 2.33. The number of hydrogen-bond acceptors (Lipinski definition) is 2. The molecule has 1 aromatic rings. The largest absolute Gasteiger partial charge is 0.293 e. The van der Waals surface area contributed by atoms with Crippen molar-refractivity contribution < 1.29 is 9.18 Å². The molecule has 0 atom stereocenters. The number of carbonyl (C=O) groups excluding carboxylic acids is 1. The second-order valence-electron chi connectivity index (χ2n) is 3.46.